The molecule has 2 N–H and O–H groups in total. The van der Waals surface area contributed by atoms with Crippen LogP contribution in [-0.4, -0.2) is 22.9 Å². The van der Waals surface area contributed by atoms with Gasteiger partial charge >= 0.3 is 0 Å². The SMILES string of the molecule is CN=C(Cc1ccc2c(c1)Nc1nccnc1S2)NC#N. The highest BCUT2D eigenvalue weighted by molar-refractivity contribution is 7.99. The van der Waals surface area contributed by atoms with Crippen molar-refractivity contribution in [1.29, 1.82) is 5.26 Å². The van der Waals surface area contributed by atoms with Crippen LogP contribution < -0.4 is 10.6 Å². The molecule has 0 fully saturated rings. The molecule has 0 amide bonds. The quantitative estimate of drug-likeness (QED) is 0.327. The summed E-state index contributed by atoms with van der Waals surface area (Å²) >= 11 is 1.59. The van der Waals surface area contributed by atoms with Gasteiger partial charge in [-0.1, -0.05) is 17.8 Å². The number of hydrogen-bond donors (Lipinski definition) is 2. The van der Waals surface area contributed by atoms with Gasteiger partial charge in [0.25, 0.3) is 0 Å². The van der Waals surface area contributed by atoms with Gasteiger partial charge in [0.15, 0.2) is 12.0 Å². The molecule has 1 aliphatic heterocycles. The van der Waals surface area contributed by atoms with Gasteiger partial charge in [-0.25, -0.2) is 9.97 Å². The van der Waals surface area contributed by atoms with Gasteiger partial charge in [0.05, 0.1) is 5.69 Å². The normalized spacial score (nSPS) is 12.7. The molecule has 21 heavy (non-hydrogen) atoms. The third-order valence-electron chi connectivity index (χ3n) is 3.01. The minimum absolute atomic E-state index is 0.580. The molecule has 1 aliphatic rings. The fraction of sp³-hybridized carbons (Fsp3) is 0.143. The van der Waals surface area contributed by atoms with Crippen molar-refractivity contribution in [2.45, 2.75) is 16.3 Å². The van der Waals surface area contributed by atoms with E-state index in [0.717, 1.165) is 27.0 Å². The van der Waals surface area contributed by atoms with Gasteiger partial charge in [-0.15, -0.1) is 0 Å². The molecule has 1 aromatic carbocycles. The largest absolute Gasteiger partial charge is 0.337 e. The van der Waals surface area contributed by atoms with Crippen molar-refractivity contribution in [3.05, 3.63) is 36.2 Å². The molecule has 0 aliphatic carbocycles. The van der Waals surface area contributed by atoms with Crippen molar-refractivity contribution in [2.75, 3.05) is 12.4 Å². The Morgan fingerprint density at radius 2 is 2.29 bits per heavy atom. The van der Waals surface area contributed by atoms with E-state index in [4.69, 9.17) is 5.26 Å². The zero-order valence-electron chi connectivity index (χ0n) is 11.3. The molecule has 0 atom stereocenters. The van der Waals surface area contributed by atoms with Crippen molar-refractivity contribution in [3.8, 4) is 6.19 Å². The summed E-state index contributed by atoms with van der Waals surface area (Å²) in [6.07, 6.45) is 5.83. The average molecular weight is 296 g/mol. The molecule has 3 rings (SSSR count). The fourth-order valence-corrected chi connectivity index (χ4v) is 2.91. The summed E-state index contributed by atoms with van der Waals surface area (Å²) in [6, 6.07) is 6.11. The van der Waals surface area contributed by atoms with E-state index in [-0.39, 0.29) is 0 Å². The van der Waals surface area contributed by atoms with E-state index in [2.05, 4.69) is 25.6 Å². The Labute approximate surface area is 126 Å². The summed E-state index contributed by atoms with van der Waals surface area (Å²) in [5.41, 5.74) is 2.07. The smallest absolute Gasteiger partial charge is 0.182 e. The highest BCUT2D eigenvalue weighted by atomic mass is 32.2. The minimum Gasteiger partial charge on any atom is -0.337 e. The molecular formula is C14H12N6S. The second kappa shape index (κ2) is 5.81. The van der Waals surface area contributed by atoms with E-state index in [9.17, 15) is 0 Å². The zero-order chi connectivity index (χ0) is 14.7. The van der Waals surface area contributed by atoms with Crippen LogP contribution in [0.1, 0.15) is 5.56 Å². The third-order valence-corrected chi connectivity index (χ3v) is 4.08. The van der Waals surface area contributed by atoms with Crippen LogP contribution in [0.2, 0.25) is 0 Å². The van der Waals surface area contributed by atoms with E-state index in [1.807, 2.05) is 24.4 Å². The Morgan fingerprint density at radius 3 is 3.10 bits per heavy atom. The van der Waals surface area contributed by atoms with Crippen LogP contribution >= 0.6 is 11.8 Å². The molecule has 2 heterocycles. The number of amidine groups is 1. The van der Waals surface area contributed by atoms with Crippen LogP contribution in [0.25, 0.3) is 0 Å². The molecule has 7 heteroatoms. The van der Waals surface area contributed by atoms with Crippen molar-refractivity contribution >= 4 is 29.1 Å². The minimum atomic E-state index is 0.580. The molecule has 0 saturated heterocycles. The Bertz CT molecular complexity index is 749. The number of benzene rings is 1. The second-order valence-corrected chi connectivity index (χ2v) is 5.38. The predicted molar refractivity (Wildman–Crippen MR) is 81.7 cm³/mol. The van der Waals surface area contributed by atoms with Crippen molar-refractivity contribution in [2.24, 2.45) is 4.99 Å². The lowest BCUT2D eigenvalue weighted by Crippen LogP contribution is -2.20. The van der Waals surface area contributed by atoms with Crippen molar-refractivity contribution < 1.29 is 0 Å². The van der Waals surface area contributed by atoms with Crippen LogP contribution in [0.3, 0.4) is 0 Å². The number of aliphatic imine (C=N–C) groups is 1. The van der Waals surface area contributed by atoms with Gasteiger partial charge in [0.2, 0.25) is 0 Å². The zero-order valence-corrected chi connectivity index (χ0v) is 12.1. The van der Waals surface area contributed by atoms with Crippen molar-refractivity contribution in [3.63, 3.8) is 0 Å². The average Bonchev–Trinajstić information content (AvgIpc) is 2.52. The Balaban J connectivity index is 1.85. The van der Waals surface area contributed by atoms with E-state index >= 15 is 0 Å². The lowest BCUT2D eigenvalue weighted by molar-refractivity contribution is 1.04. The Hall–Kier alpha value is -2.59. The maximum absolute atomic E-state index is 8.67. The van der Waals surface area contributed by atoms with E-state index in [1.54, 1.807) is 31.2 Å². The van der Waals surface area contributed by atoms with Crippen LogP contribution in [-0.2, 0) is 6.42 Å². The number of nitriles is 1. The molecule has 1 aromatic heterocycles. The van der Waals surface area contributed by atoms with Gasteiger partial charge in [-0.3, -0.25) is 10.3 Å². The first-order valence-corrected chi connectivity index (χ1v) is 7.11. The maximum atomic E-state index is 8.67. The summed E-state index contributed by atoms with van der Waals surface area (Å²) in [7, 11) is 1.66. The van der Waals surface area contributed by atoms with Gasteiger partial charge in [-0.2, -0.15) is 5.26 Å². The molecule has 0 radical (unpaired) electrons. The summed E-state index contributed by atoms with van der Waals surface area (Å²) in [5.74, 6) is 1.41. The van der Waals surface area contributed by atoms with Crippen LogP contribution in [0.4, 0.5) is 11.5 Å². The lowest BCUT2D eigenvalue weighted by atomic mass is 10.1. The summed E-state index contributed by atoms with van der Waals surface area (Å²) in [6.45, 7) is 0. The summed E-state index contributed by atoms with van der Waals surface area (Å²) < 4.78 is 0. The molecule has 0 unspecified atom stereocenters. The molecule has 0 saturated carbocycles. The van der Waals surface area contributed by atoms with E-state index in [0.29, 0.717) is 12.3 Å². The molecule has 2 aromatic rings. The first kappa shape index (κ1) is 13.4. The summed E-state index contributed by atoms with van der Waals surface area (Å²) in [4.78, 5) is 13.7. The van der Waals surface area contributed by atoms with Crippen LogP contribution in [0.5, 0.6) is 0 Å². The number of nitrogens with one attached hydrogen (secondary N) is 2. The number of nitrogens with zero attached hydrogens (tertiary/aromatic N) is 4. The molecule has 6 nitrogen and oxygen atoms in total. The summed E-state index contributed by atoms with van der Waals surface area (Å²) in [5, 5.41) is 15.4. The van der Waals surface area contributed by atoms with Crippen molar-refractivity contribution in [1.82, 2.24) is 15.3 Å². The second-order valence-electron chi connectivity index (χ2n) is 4.35. The first-order valence-electron chi connectivity index (χ1n) is 6.29. The number of hydrogen-bond acceptors (Lipinski definition) is 6. The molecule has 0 bridgehead atoms. The Morgan fingerprint density at radius 1 is 1.43 bits per heavy atom. The monoisotopic (exact) mass is 296 g/mol. The molecule has 0 spiro atoms. The molecule has 104 valence electrons. The van der Waals surface area contributed by atoms with Gasteiger partial charge in [-0.05, 0) is 17.7 Å². The van der Waals surface area contributed by atoms with Crippen LogP contribution in [0.15, 0.2) is 45.5 Å². The third kappa shape index (κ3) is 2.80. The van der Waals surface area contributed by atoms with Crippen LogP contribution in [0, 0.1) is 11.5 Å². The highest BCUT2D eigenvalue weighted by Crippen LogP contribution is 2.41. The van der Waals surface area contributed by atoms with Gasteiger partial charge < -0.3 is 5.32 Å². The predicted octanol–water partition coefficient (Wildman–Crippen LogP) is 2.33. The number of anilines is 2. The van der Waals surface area contributed by atoms with E-state index in [1.165, 1.54) is 0 Å². The topological polar surface area (TPSA) is 86.0 Å². The number of aromatic nitrogens is 2. The van der Waals surface area contributed by atoms with Gasteiger partial charge in [0.1, 0.15) is 10.9 Å². The highest BCUT2D eigenvalue weighted by Gasteiger charge is 2.17. The number of fused-ring (bicyclic) bond motifs is 2. The lowest BCUT2D eigenvalue weighted by Gasteiger charge is -2.19. The standard InChI is InChI=1S/C14H12N6S/c1-16-12(19-8-15)7-9-2-3-11-10(6-9)20-13-14(21-11)18-5-4-17-13/h2-6H,7H2,1H3,(H,16,19)(H,17,20). The van der Waals surface area contributed by atoms with Gasteiger partial charge in [0, 0.05) is 30.8 Å². The Kier molecular flexibility index (Phi) is 3.71. The fourth-order valence-electron chi connectivity index (χ4n) is 2.03. The molecular weight excluding hydrogens is 284 g/mol. The van der Waals surface area contributed by atoms with E-state index < -0.39 is 0 Å². The number of rotatable bonds is 2. The first-order chi connectivity index (χ1) is 10.3. The maximum Gasteiger partial charge on any atom is 0.182 e.